The zero-order valence-corrected chi connectivity index (χ0v) is 16.6. The van der Waals surface area contributed by atoms with Crippen molar-refractivity contribution in [1.29, 1.82) is 0 Å². The third-order valence-electron chi connectivity index (χ3n) is 4.43. The average Bonchev–Trinajstić information content (AvgIpc) is 2.59. The highest BCUT2D eigenvalue weighted by atomic mass is 16.5. The number of nitrogens with one attached hydrogen (secondary N) is 1. The van der Waals surface area contributed by atoms with Crippen LogP contribution in [-0.4, -0.2) is 52.8 Å². The van der Waals surface area contributed by atoms with Crippen LogP contribution in [0.25, 0.3) is 0 Å². The molecule has 1 fully saturated rings. The molecule has 146 valence electrons. The molecular weight excluding hydrogens is 328 g/mol. The fourth-order valence-electron chi connectivity index (χ4n) is 3.20. The van der Waals surface area contributed by atoms with Crippen LogP contribution in [0.3, 0.4) is 0 Å². The second-order valence-corrected chi connectivity index (χ2v) is 7.45. The lowest BCUT2D eigenvalue weighted by molar-refractivity contribution is 0.108. The van der Waals surface area contributed by atoms with Gasteiger partial charge < -0.3 is 20.1 Å². The standard InChI is InChI=1S/C20H34N4O2/c1-5-21-20(24-10-7-18(25)8-11-24)23-14-17-6-9-22-19(13-17)26-16(4)12-15(2)3/h6,9,13,15-16,18,25H,5,7-8,10-12,14H2,1-4H3,(H,21,23). The zero-order chi connectivity index (χ0) is 18.9. The summed E-state index contributed by atoms with van der Waals surface area (Å²) in [6.45, 7) is 11.6. The van der Waals surface area contributed by atoms with Crippen LogP contribution in [0.15, 0.2) is 23.3 Å². The van der Waals surface area contributed by atoms with Gasteiger partial charge >= 0.3 is 0 Å². The molecule has 6 heteroatoms. The Hall–Kier alpha value is -1.82. The van der Waals surface area contributed by atoms with Gasteiger partial charge in [0.2, 0.25) is 5.88 Å². The largest absolute Gasteiger partial charge is 0.475 e. The first-order valence-corrected chi connectivity index (χ1v) is 9.80. The van der Waals surface area contributed by atoms with Gasteiger partial charge in [-0.1, -0.05) is 13.8 Å². The highest BCUT2D eigenvalue weighted by Gasteiger charge is 2.19. The molecule has 0 saturated carbocycles. The molecule has 1 unspecified atom stereocenters. The van der Waals surface area contributed by atoms with Crippen LogP contribution in [0, 0.1) is 5.92 Å². The normalized spacial score (nSPS) is 17.5. The fraction of sp³-hybridized carbons (Fsp3) is 0.700. The Labute approximate surface area is 157 Å². The van der Waals surface area contributed by atoms with Crippen LogP contribution in [0.1, 0.15) is 52.5 Å². The molecule has 2 heterocycles. The maximum atomic E-state index is 9.70. The Bertz CT molecular complexity index is 569. The summed E-state index contributed by atoms with van der Waals surface area (Å²) in [6, 6.07) is 3.96. The van der Waals surface area contributed by atoms with E-state index in [4.69, 9.17) is 9.73 Å². The molecule has 1 aliphatic heterocycles. The van der Waals surface area contributed by atoms with E-state index in [0.29, 0.717) is 18.3 Å². The van der Waals surface area contributed by atoms with Crippen LogP contribution in [0.4, 0.5) is 0 Å². The van der Waals surface area contributed by atoms with Crippen molar-refractivity contribution in [2.24, 2.45) is 10.9 Å². The minimum absolute atomic E-state index is 0.151. The number of aromatic nitrogens is 1. The molecule has 0 spiro atoms. The Kier molecular flexibility index (Phi) is 8.16. The number of pyridine rings is 1. The van der Waals surface area contributed by atoms with Crippen LogP contribution in [0.2, 0.25) is 0 Å². The highest BCUT2D eigenvalue weighted by molar-refractivity contribution is 5.80. The van der Waals surface area contributed by atoms with Crippen molar-refractivity contribution in [3.8, 4) is 5.88 Å². The van der Waals surface area contributed by atoms with Crippen LogP contribution in [-0.2, 0) is 6.54 Å². The third-order valence-corrected chi connectivity index (χ3v) is 4.43. The van der Waals surface area contributed by atoms with Crippen molar-refractivity contribution < 1.29 is 9.84 Å². The van der Waals surface area contributed by atoms with Crippen molar-refractivity contribution >= 4 is 5.96 Å². The smallest absolute Gasteiger partial charge is 0.213 e. The highest BCUT2D eigenvalue weighted by Crippen LogP contribution is 2.16. The summed E-state index contributed by atoms with van der Waals surface area (Å²) >= 11 is 0. The van der Waals surface area contributed by atoms with Crippen molar-refractivity contribution in [3.05, 3.63) is 23.9 Å². The number of hydrogen-bond acceptors (Lipinski definition) is 4. The van der Waals surface area contributed by atoms with Crippen molar-refractivity contribution in [2.45, 2.75) is 65.7 Å². The summed E-state index contributed by atoms with van der Waals surface area (Å²) in [5, 5.41) is 13.0. The van der Waals surface area contributed by atoms with Crippen molar-refractivity contribution in [1.82, 2.24) is 15.2 Å². The minimum atomic E-state index is -0.179. The van der Waals surface area contributed by atoms with E-state index >= 15 is 0 Å². The van der Waals surface area contributed by atoms with Gasteiger partial charge in [-0.05, 0) is 50.7 Å². The van der Waals surface area contributed by atoms with E-state index in [1.807, 2.05) is 12.1 Å². The predicted molar refractivity (Wildman–Crippen MR) is 105 cm³/mol. The molecule has 0 amide bonds. The number of aliphatic imine (C=N–C) groups is 1. The first-order chi connectivity index (χ1) is 12.5. The van der Waals surface area contributed by atoms with Crippen LogP contribution < -0.4 is 10.1 Å². The lowest BCUT2D eigenvalue weighted by Gasteiger charge is -2.32. The quantitative estimate of drug-likeness (QED) is 0.577. The predicted octanol–water partition coefficient (Wildman–Crippen LogP) is 2.82. The van der Waals surface area contributed by atoms with E-state index in [9.17, 15) is 5.11 Å². The van der Waals surface area contributed by atoms with E-state index < -0.39 is 0 Å². The number of ether oxygens (including phenoxy) is 1. The monoisotopic (exact) mass is 362 g/mol. The lowest BCUT2D eigenvalue weighted by Crippen LogP contribution is -2.46. The van der Waals surface area contributed by atoms with Gasteiger partial charge in [0.05, 0.1) is 18.8 Å². The van der Waals surface area contributed by atoms with E-state index in [1.54, 1.807) is 6.20 Å². The zero-order valence-electron chi connectivity index (χ0n) is 16.6. The SMILES string of the molecule is CCNC(=NCc1ccnc(OC(C)CC(C)C)c1)N1CCC(O)CC1. The molecule has 1 saturated heterocycles. The molecule has 0 aliphatic carbocycles. The number of aliphatic hydroxyl groups excluding tert-OH is 1. The molecule has 6 nitrogen and oxygen atoms in total. The molecule has 1 aromatic heterocycles. The number of likely N-dealkylation sites (tertiary alicyclic amines) is 1. The van der Waals surface area contributed by atoms with Gasteiger partial charge in [-0.25, -0.2) is 9.98 Å². The summed E-state index contributed by atoms with van der Waals surface area (Å²) in [5.41, 5.74) is 1.08. The molecule has 2 N–H and O–H groups in total. The number of aliphatic hydroxyl groups is 1. The Morgan fingerprint density at radius 3 is 2.77 bits per heavy atom. The Balaban J connectivity index is 1.99. The van der Waals surface area contributed by atoms with E-state index in [2.05, 4.69) is 42.9 Å². The maximum absolute atomic E-state index is 9.70. The van der Waals surface area contributed by atoms with Gasteiger partial charge in [-0.2, -0.15) is 0 Å². The summed E-state index contributed by atoms with van der Waals surface area (Å²) < 4.78 is 5.93. The summed E-state index contributed by atoms with van der Waals surface area (Å²) in [4.78, 5) is 11.3. The number of nitrogens with zero attached hydrogens (tertiary/aromatic N) is 3. The maximum Gasteiger partial charge on any atom is 0.213 e. The molecule has 2 rings (SSSR count). The summed E-state index contributed by atoms with van der Waals surface area (Å²) in [6.07, 6.45) is 4.36. The average molecular weight is 363 g/mol. The molecule has 0 aromatic carbocycles. The van der Waals surface area contributed by atoms with Gasteiger partial charge in [0, 0.05) is 31.9 Å². The molecule has 1 atom stereocenters. The number of rotatable bonds is 7. The molecular formula is C20H34N4O2. The molecule has 0 radical (unpaired) electrons. The Morgan fingerprint density at radius 1 is 1.38 bits per heavy atom. The summed E-state index contributed by atoms with van der Waals surface area (Å²) in [5.74, 6) is 2.17. The van der Waals surface area contributed by atoms with Gasteiger partial charge in [0.15, 0.2) is 5.96 Å². The van der Waals surface area contributed by atoms with Crippen LogP contribution in [0.5, 0.6) is 5.88 Å². The van der Waals surface area contributed by atoms with E-state index in [-0.39, 0.29) is 12.2 Å². The van der Waals surface area contributed by atoms with Gasteiger partial charge in [-0.3, -0.25) is 0 Å². The lowest BCUT2D eigenvalue weighted by atomic mass is 10.1. The fourth-order valence-corrected chi connectivity index (χ4v) is 3.20. The van der Waals surface area contributed by atoms with E-state index in [0.717, 1.165) is 50.4 Å². The van der Waals surface area contributed by atoms with Gasteiger partial charge in [0.1, 0.15) is 0 Å². The molecule has 1 aromatic rings. The second-order valence-electron chi connectivity index (χ2n) is 7.45. The molecule has 0 bridgehead atoms. The van der Waals surface area contributed by atoms with Gasteiger partial charge in [-0.15, -0.1) is 0 Å². The topological polar surface area (TPSA) is 70.0 Å². The van der Waals surface area contributed by atoms with Crippen molar-refractivity contribution in [2.75, 3.05) is 19.6 Å². The van der Waals surface area contributed by atoms with Crippen LogP contribution >= 0.6 is 0 Å². The van der Waals surface area contributed by atoms with E-state index in [1.165, 1.54) is 0 Å². The first-order valence-electron chi connectivity index (χ1n) is 9.80. The number of hydrogen-bond donors (Lipinski definition) is 2. The minimum Gasteiger partial charge on any atom is -0.475 e. The van der Waals surface area contributed by atoms with Crippen molar-refractivity contribution in [3.63, 3.8) is 0 Å². The second kappa shape index (κ2) is 10.4. The first kappa shape index (κ1) is 20.5. The third kappa shape index (κ3) is 6.83. The molecule has 26 heavy (non-hydrogen) atoms. The van der Waals surface area contributed by atoms with Gasteiger partial charge in [0.25, 0.3) is 0 Å². The number of piperidine rings is 1. The molecule has 1 aliphatic rings. The Morgan fingerprint density at radius 2 is 2.12 bits per heavy atom. The number of guanidine groups is 1. The summed E-state index contributed by atoms with van der Waals surface area (Å²) in [7, 11) is 0.